The number of nitro groups is 1. The second-order valence-corrected chi connectivity index (χ2v) is 9.22. The van der Waals surface area contributed by atoms with Crippen molar-refractivity contribution in [3.8, 4) is 0 Å². The first-order chi connectivity index (χ1) is 9.83. The van der Waals surface area contributed by atoms with Gasteiger partial charge < -0.3 is 5.32 Å². The minimum atomic E-state index is -3.80. The Morgan fingerprint density at radius 3 is 2.52 bits per heavy atom. The summed E-state index contributed by atoms with van der Waals surface area (Å²) in [5.41, 5.74) is -0.257. The summed E-state index contributed by atoms with van der Waals surface area (Å²) in [6.07, 6.45) is 1.02. The molecule has 1 aliphatic rings. The molecule has 0 atom stereocenters. The fourth-order valence-electron chi connectivity index (χ4n) is 2.00. The Bertz CT molecular complexity index is 659. The molecule has 1 fully saturated rings. The fourth-order valence-corrected chi connectivity index (χ4v) is 5.90. The SMILES string of the molecule is CNc1sc(S(=O)(=O)NC2CCS(=O)CC2)cc1[N+](=O)[O-]. The molecule has 1 saturated heterocycles. The maximum atomic E-state index is 12.3. The van der Waals surface area contributed by atoms with Crippen LogP contribution in [0.4, 0.5) is 10.7 Å². The van der Waals surface area contributed by atoms with E-state index in [9.17, 15) is 22.7 Å². The summed E-state index contributed by atoms with van der Waals surface area (Å²) in [5, 5.41) is 13.7. The summed E-state index contributed by atoms with van der Waals surface area (Å²) in [7, 11) is -3.17. The van der Waals surface area contributed by atoms with E-state index in [2.05, 4.69) is 10.0 Å². The number of rotatable bonds is 5. The third-order valence-electron chi connectivity index (χ3n) is 3.09. The van der Waals surface area contributed by atoms with Gasteiger partial charge in [-0.25, -0.2) is 13.1 Å². The minimum absolute atomic E-state index is 0.0924. The Morgan fingerprint density at radius 1 is 1.43 bits per heavy atom. The Labute approximate surface area is 128 Å². The Morgan fingerprint density at radius 2 is 2.05 bits per heavy atom. The highest BCUT2D eigenvalue weighted by molar-refractivity contribution is 7.91. The third-order valence-corrected chi connectivity index (χ3v) is 7.61. The highest BCUT2D eigenvalue weighted by Gasteiger charge is 2.29. The number of nitrogens with one attached hydrogen (secondary N) is 2. The molecule has 1 aromatic rings. The predicted molar refractivity (Wildman–Crippen MR) is 81.7 cm³/mol. The minimum Gasteiger partial charge on any atom is -0.374 e. The van der Waals surface area contributed by atoms with Gasteiger partial charge in [0, 0.05) is 41.5 Å². The Hall–Kier alpha value is -1.04. The van der Waals surface area contributed by atoms with Crippen molar-refractivity contribution < 1.29 is 17.6 Å². The van der Waals surface area contributed by atoms with Crippen molar-refractivity contribution in [1.29, 1.82) is 0 Å². The van der Waals surface area contributed by atoms with Crippen molar-refractivity contribution in [1.82, 2.24) is 4.72 Å². The van der Waals surface area contributed by atoms with Gasteiger partial charge in [0.15, 0.2) is 5.00 Å². The van der Waals surface area contributed by atoms with Crippen LogP contribution in [-0.2, 0) is 20.8 Å². The first kappa shape index (κ1) is 16.3. The van der Waals surface area contributed by atoms with Gasteiger partial charge >= 0.3 is 5.69 Å². The maximum Gasteiger partial charge on any atom is 0.304 e. The average Bonchev–Trinajstić information content (AvgIpc) is 2.86. The van der Waals surface area contributed by atoms with Gasteiger partial charge in [0.05, 0.1) is 4.92 Å². The van der Waals surface area contributed by atoms with E-state index in [-0.39, 0.29) is 20.9 Å². The van der Waals surface area contributed by atoms with Crippen molar-refractivity contribution in [2.45, 2.75) is 23.1 Å². The molecule has 0 bridgehead atoms. The van der Waals surface area contributed by atoms with E-state index in [1.165, 1.54) is 7.05 Å². The Balaban J connectivity index is 2.19. The summed E-state index contributed by atoms with van der Waals surface area (Å²) in [6, 6.07) is 0.784. The standard InChI is InChI=1S/C10H15N3O5S3/c1-11-10-8(13(14)15)6-9(19-10)21(17,18)12-7-2-4-20(16)5-3-7/h6-7,11-12H,2-5H2,1H3. The quantitative estimate of drug-likeness (QED) is 0.599. The molecule has 1 aliphatic heterocycles. The van der Waals surface area contributed by atoms with E-state index in [1.54, 1.807) is 0 Å². The average molecular weight is 353 g/mol. The molecule has 118 valence electrons. The van der Waals surface area contributed by atoms with Crippen molar-refractivity contribution in [2.24, 2.45) is 0 Å². The van der Waals surface area contributed by atoms with Crippen LogP contribution in [0.15, 0.2) is 10.3 Å². The lowest BCUT2D eigenvalue weighted by Gasteiger charge is -2.21. The van der Waals surface area contributed by atoms with Gasteiger partial charge in [0.2, 0.25) is 0 Å². The normalized spacial score (nSPS) is 22.9. The first-order valence-corrected chi connectivity index (χ1v) is 9.95. The van der Waals surface area contributed by atoms with Crippen molar-refractivity contribution in [3.63, 3.8) is 0 Å². The van der Waals surface area contributed by atoms with E-state index in [1.807, 2.05) is 0 Å². The van der Waals surface area contributed by atoms with E-state index in [0.29, 0.717) is 24.3 Å². The fraction of sp³-hybridized carbons (Fsp3) is 0.600. The van der Waals surface area contributed by atoms with Crippen LogP contribution in [-0.4, -0.2) is 42.1 Å². The van der Waals surface area contributed by atoms with Crippen LogP contribution in [0, 0.1) is 10.1 Å². The number of anilines is 1. The molecule has 0 amide bonds. The van der Waals surface area contributed by atoms with Crippen LogP contribution >= 0.6 is 11.3 Å². The summed E-state index contributed by atoms with van der Waals surface area (Å²) in [5.74, 6) is 0.944. The molecular weight excluding hydrogens is 338 g/mol. The van der Waals surface area contributed by atoms with Crippen molar-refractivity contribution in [2.75, 3.05) is 23.9 Å². The summed E-state index contributed by atoms with van der Waals surface area (Å²) >= 11 is 0.821. The zero-order chi connectivity index (χ0) is 15.6. The molecule has 2 rings (SSSR count). The van der Waals surface area contributed by atoms with Crippen molar-refractivity contribution in [3.05, 3.63) is 16.2 Å². The lowest BCUT2D eigenvalue weighted by Crippen LogP contribution is -2.39. The number of hydrogen-bond donors (Lipinski definition) is 2. The lowest BCUT2D eigenvalue weighted by atomic mass is 10.2. The molecule has 0 aliphatic carbocycles. The summed E-state index contributed by atoms with van der Waals surface area (Å²) in [4.78, 5) is 10.3. The zero-order valence-corrected chi connectivity index (χ0v) is 13.6. The first-order valence-electron chi connectivity index (χ1n) is 6.17. The number of nitrogens with zero attached hydrogens (tertiary/aromatic N) is 1. The highest BCUT2D eigenvalue weighted by Crippen LogP contribution is 2.36. The van der Waals surface area contributed by atoms with Crippen LogP contribution < -0.4 is 10.0 Å². The maximum absolute atomic E-state index is 12.3. The van der Waals surface area contributed by atoms with Crippen LogP contribution in [0.1, 0.15) is 12.8 Å². The van der Waals surface area contributed by atoms with E-state index in [0.717, 1.165) is 17.4 Å². The third kappa shape index (κ3) is 3.78. The van der Waals surface area contributed by atoms with Gasteiger partial charge in [0.1, 0.15) is 4.21 Å². The predicted octanol–water partition coefficient (Wildman–Crippen LogP) is 0.887. The van der Waals surface area contributed by atoms with Gasteiger partial charge in [-0.2, -0.15) is 0 Å². The molecule has 1 aromatic heterocycles. The smallest absolute Gasteiger partial charge is 0.304 e. The van der Waals surface area contributed by atoms with Gasteiger partial charge in [0.25, 0.3) is 10.0 Å². The van der Waals surface area contributed by atoms with Gasteiger partial charge in [-0.15, -0.1) is 0 Å². The zero-order valence-electron chi connectivity index (χ0n) is 11.2. The molecular formula is C10H15N3O5S3. The summed E-state index contributed by atoms with van der Waals surface area (Å²) < 4.78 is 38.2. The van der Waals surface area contributed by atoms with Crippen LogP contribution in [0.5, 0.6) is 0 Å². The molecule has 11 heteroatoms. The molecule has 8 nitrogen and oxygen atoms in total. The monoisotopic (exact) mass is 353 g/mol. The molecule has 0 unspecified atom stereocenters. The largest absolute Gasteiger partial charge is 0.374 e. The second kappa shape index (κ2) is 6.38. The number of sulfonamides is 1. The lowest BCUT2D eigenvalue weighted by molar-refractivity contribution is -0.383. The molecule has 21 heavy (non-hydrogen) atoms. The van der Waals surface area contributed by atoms with Gasteiger partial charge in [-0.3, -0.25) is 14.3 Å². The van der Waals surface area contributed by atoms with Gasteiger partial charge in [-0.1, -0.05) is 11.3 Å². The van der Waals surface area contributed by atoms with Gasteiger partial charge in [-0.05, 0) is 12.8 Å². The van der Waals surface area contributed by atoms with E-state index < -0.39 is 25.7 Å². The van der Waals surface area contributed by atoms with Crippen LogP contribution in [0.3, 0.4) is 0 Å². The Kier molecular flexibility index (Phi) is 4.96. The topological polar surface area (TPSA) is 118 Å². The molecule has 0 radical (unpaired) electrons. The number of thiophene rings is 1. The highest BCUT2D eigenvalue weighted by atomic mass is 32.2. The van der Waals surface area contributed by atoms with E-state index >= 15 is 0 Å². The molecule has 0 spiro atoms. The number of hydrogen-bond acceptors (Lipinski definition) is 7. The molecule has 0 saturated carbocycles. The summed E-state index contributed by atoms with van der Waals surface area (Å²) in [6.45, 7) is 0. The molecule has 2 heterocycles. The van der Waals surface area contributed by atoms with Crippen LogP contribution in [0.25, 0.3) is 0 Å². The molecule has 2 N–H and O–H groups in total. The molecule has 0 aromatic carbocycles. The second-order valence-electron chi connectivity index (χ2n) is 4.53. The van der Waals surface area contributed by atoms with E-state index in [4.69, 9.17) is 0 Å². The van der Waals surface area contributed by atoms with Crippen molar-refractivity contribution >= 4 is 42.8 Å². The van der Waals surface area contributed by atoms with Crippen LogP contribution in [0.2, 0.25) is 0 Å².